The van der Waals surface area contributed by atoms with Gasteiger partial charge in [0.1, 0.15) is 5.75 Å². The van der Waals surface area contributed by atoms with Gasteiger partial charge in [-0.1, -0.05) is 0 Å². The number of rotatable bonds is 2. The van der Waals surface area contributed by atoms with E-state index in [0.29, 0.717) is 11.3 Å². The van der Waals surface area contributed by atoms with Crippen LogP contribution >= 0.6 is 15.9 Å². The summed E-state index contributed by atoms with van der Waals surface area (Å²) in [6.07, 6.45) is 1.65. The van der Waals surface area contributed by atoms with Gasteiger partial charge in [0.25, 0.3) is 0 Å². The van der Waals surface area contributed by atoms with Crippen LogP contribution in [0.5, 0.6) is 5.75 Å². The fourth-order valence-corrected chi connectivity index (χ4v) is 1.93. The van der Waals surface area contributed by atoms with E-state index in [1.165, 1.54) is 6.92 Å². The zero-order chi connectivity index (χ0) is 12.4. The van der Waals surface area contributed by atoms with E-state index < -0.39 is 0 Å². The Kier molecular flexibility index (Phi) is 3.23. The van der Waals surface area contributed by atoms with Gasteiger partial charge in [-0.05, 0) is 22.0 Å². The van der Waals surface area contributed by atoms with Gasteiger partial charge >= 0.3 is 0 Å². The molecule has 0 spiro atoms. The average molecular weight is 296 g/mol. The molecule has 0 saturated carbocycles. The number of ether oxygens (including phenoxy) is 1. The molecule has 2 aromatic rings. The van der Waals surface area contributed by atoms with Crippen LogP contribution in [0.25, 0.3) is 10.9 Å². The molecule has 0 aliphatic heterocycles. The lowest BCUT2D eigenvalue weighted by Crippen LogP contribution is -2.09. The van der Waals surface area contributed by atoms with Crippen molar-refractivity contribution in [2.45, 2.75) is 6.92 Å². The second kappa shape index (κ2) is 4.67. The number of carbonyl (C=O) groups is 1. The van der Waals surface area contributed by atoms with E-state index in [9.17, 15) is 4.79 Å². The highest BCUT2D eigenvalue weighted by molar-refractivity contribution is 9.10. The summed E-state index contributed by atoms with van der Waals surface area (Å²) in [7, 11) is 1.59. The van der Waals surface area contributed by atoms with Crippen LogP contribution in [0.1, 0.15) is 6.92 Å². The number of benzene rings is 1. The maximum Gasteiger partial charge on any atom is 0.229 e. The molecule has 0 fully saturated rings. The van der Waals surface area contributed by atoms with Gasteiger partial charge in [-0.3, -0.25) is 10.1 Å². The van der Waals surface area contributed by atoms with Crippen LogP contribution in [-0.2, 0) is 4.79 Å². The predicted molar refractivity (Wildman–Crippen MR) is 68.1 cm³/mol. The Balaban J connectivity index is 2.52. The molecule has 5 nitrogen and oxygen atoms in total. The van der Waals surface area contributed by atoms with Gasteiger partial charge in [-0.15, -0.1) is 0 Å². The van der Waals surface area contributed by atoms with E-state index in [1.807, 2.05) is 6.07 Å². The summed E-state index contributed by atoms with van der Waals surface area (Å²) in [6.45, 7) is 1.41. The summed E-state index contributed by atoms with van der Waals surface area (Å²) < 4.78 is 6.02. The lowest BCUT2D eigenvalue weighted by atomic mass is 10.2. The fourth-order valence-electron chi connectivity index (χ4n) is 1.41. The Labute approximate surface area is 106 Å². The van der Waals surface area contributed by atoms with Gasteiger partial charge in [0.05, 0.1) is 17.1 Å². The minimum atomic E-state index is -0.201. The highest BCUT2D eigenvalue weighted by atomic mass is 79.9. The number of fused-ring (bicyclic) bond motifs is 1. The third kappa shape index (κ3) is 2.52. The number of anilines is 1. The van der Waals surface area contributed by atoms with Gasteiger partial charge < -0.3 is 4.74 Å². The quantitative estimate of drug-likeness (QED) is 0.924. The van der Waals surface area contributed by atoms with Crippen LogP contribution < -0.4 is 10.1 Å². The van der Waals surface area contributed by atoms with Crippen molar-refractivity contribution in [1.29, 1.82) is 0 Å². The number of halogens is 1. The number of methoxy groups -OCH3 is 1. The molecule has 2 rings (SSSR count). The smallest absolute Gasteiger partial charge is 0.229 e. The summed E-state index contributed by atoms with van der Waals surface area (Å²) >= 11 is 3.39. The molecule has 0 unspecified atom stereocenters. The lowest BCUT2D eigenvalue weighted by molar-refractivity contribution is -0.114. The van der Waals surface area contributed by atoms with Crippen molar-refractivity contribution in [2.75, 3.05) is 12.4 Å². The van der Waals surface area contributed by atoms with Crippen LogP contribution in [0, 0.1) is 0 Å². The normalized spacial score (nSPS) is 10.3. The second-order valence-corrected chi connectivity index (χ2v) is 4.27. The number of nitrogens with one attached hydrogen (secondary N) is 1. The summed E-state index contributed by atoms with van der Waals surface area (Å²) in [5, 5.41) is 3.40. The van der Waals surface area contributed by atoms with E-state index in [1.54, 1.807) is 19.4 Å². The highest BCUT2D eigenvalue weighted by Crippen LogP contribution is 2.29. The first-order valence-electron chi connectivity index (χ1n) is 4.88. The van der Waals surface area contributed by atoms with E-state index in [2.05, 4.69) is 31.2 Å². The molecule has 0 bridgehead atoms. The van der Waals surface area contributed by atoms with Gasteiger partial charge in [-0.2, -0.15) is 0 Å². The Hall–Kier alpha value is -1.69. The topological polar surface area (TPSA) is 64.1 Å². The van der Waals surface area contributed by atoms with Crippen LogP contribution in [0.15, 0.2) is 22.8 Å². The van der Waals surface area contributed by atoms with Crippen molar-refractivity contribution in [3.05, 3.63) is 22.8 Å². The molecule has 0 saturated heterocycles. The first-order chi connectivity index (χ1) is 8.10. The molecule has 17 heavy (non-hydrogen) atoms. The lowest BCUT2D eigenvalue weighted by Gasteiger charge is -2.06. The van der Waals surface area contributed by atoms with Gasteiger partial charge in [0, 0.05) is 24.6 Å². The summed E-state index contributed by atoms with van der Waals surface area (Å²) in [5.41, 5.74) is 0.712. The number of hydrogen-bond acceptors (Lipinski definition) is 4. The Bertz CT molecular complexity index is 586. The van der Waals surface area contributed by atoms with Crippen LogP contribution in [-0.4, -0.2) is 23.0 Å². The van der Waals surface area contributed by atoms with Crippen LogP contribution in [0.4, 0.5) is 5.95 Å². The van der Waals surface area contributed by atoms with Crippen molar-refractivity contribution in [3.8, 4) is 5.75 Å². The molecule has 1 aromatic heterocycles. The Morgan fingerprint density at radius 2 is 2.24 bits per heavy atom. The Morgan fingerprint density at radius 3 is 2.88 bits per heavy atom. The molecule has 0 aliphatic rings. The maximum atomic E-state index is 10.9. The summed E-state index contributed by atoms with van der Waals surface area (Å²) in [6, 6.07) is 3.65. The second-order valence-electron chi connectivity index (χ2n) is 3.42. The van der Waals surface area contributed by atoms with E-state index in [0.717, 1.165) is 9.86 Å². The van der Waals surface area contributed by atoms with E-state index in [-0.39, 0.29) is 11.9 Å². The highest BCUT2D eigenvalue weighted by Gasteiger charge is 2.06. The monoisotopic (exact) mass is 295 g/mol. The van der Waals surface area contributed by atoms with Gasteiger partial charge in [0.15, 0.2) is 0 Å². The first kappa shape index (κ1) is 11.8. The average Bonchev–Trinajstić information content (AvgIpc) is 2.28. The van der Waals surface area contributed by atoms with Crippen LogP contribution in [0.3, 0.4) is 0 Å². The molecule has 1 amide bonds. The molecule has 6 heteroatoms. The molecule has 1 heterocycles. The number of nitrogens with zero attached hydrogens (tertiary/aromatic N) is 2. The summed E-state index contributed by atoms with van der Waals surface area (Å²) in [4.78, 5) is 19.2. The molecule has 0 atom stereocenters. The van der Waals surface area contributed by atoms with Crippen molar-refractivity contribution in [2.24, 2.45) is 0 Å². The molecule has 0 aliphatic carbocycles. The van der Waals surface area contributed by atoms with Crippen molar-refractivity contribution >= 4 is 38.7 Å². The van der Waals surface area contributed by atoms with Gasteiger partial charge in [0.2, 0.25) is 11.9 Å². The maximum absolute atomic E-state index is 10.9. The predicted octanol–water partition coefficient (Wildman–Crippen LogP) is 2.36. The minimum absolute atomic E-state index is 0.201. The van der Waals surface area contributed by atoms with Crippen molar-refractivity contribution in [1.82, 2.24) is 9.97 Å². The molecular weight excluding hydrogens is 286 g/mol. The molecule has 1 aromatic carbocycles. The summed E-state index contributed by atoms with van der Waals surface area (Å²) in [5.74, 6) is 0.771. The molecule has 1 N–H and O–H groups in total. The largest absolute Gasteiger partial charge is 0.495 e. The number of aromatic nitrogens is 2. The van der Waals surface area contributed by atoms with Gasteiger partial charge in [-0.25, -0.2) is 9.97 Å². The Morgan fingerprint density at radius 1 is 1.47 bits per heavy atom. The number of hydrogen-bond donors (Lipinski definition) is 1. The van der Waals surface area contributed by atoms with Crippen molar-refractivity contribution in [3.63, 3.8) is 0 Å². The van der Waals surface area contributed by atoms with E-state index >= 15 is 0 Å². The van der Waals surface area contributed by atoms with Crippen LogP contribution in [0.2, 0.25) is 0 Å². The number of carbonyl (C=O) groups excluding carboxylic acids is 1. The minimum Gasteiger partial charge on any atom is -0.495 e. The standard InChI is InChI=1S/C11H10BrN3O2/c1-6(16)14-11-13-5-7-3-8(12)10(17-2)4-9(7)15-11/h3-5H,1-2H3,(H,13,14,15,16). The SMILES string of the molecule is COc1cc2nc(NC(C)=O)ncc2cc1Br. The third-order valence-corrected chi connectivity index (χ3v) is 2.76. The third-order valence-electron chi connectivity index (χ3n) is 2.14. The fraction of sp³-hybridized carbons (Fsp3) is 0.182. The molecule has 0 radical (unpaired) electrons. The zero-order valence-electron chi connectivity index (χ0n) is 9.32. The molecule has 88 valence electrons. The van der Waals surface area contributed by atoms with Crippen molar-refractivity contribution < 1.29 is 9.53 Å². The zero-order valence-corrected chi connectivity index (χ0v) is 10.9. The number of amides is 1. The first-order valence-corrected chi connectivity index (χ1v) is 5.67. The van der Waals surface area contributed by atoms with E-state index in [4.69, 9.17) is 4.74 Å². The molecular formula is C11H10BrN3O2.